The molecule has 0 rings (SSSR count). The topological polar surface area (TPSA) is 9.23 Å². The first-order valence-corrected chi connectivity index (χ1v) is 3.20. The third-order valence-corrected chi connectivity index (χ3v) is 0.408. The second-order valence-corrected chi connectivity index (χ2v) is 1.28. The van der Waals surface area contributed by atoms with Gasteiger partial charge in [0.2, 0.25) is 0 Å². The Balaban J connectivity index is -0.0000000326. The SMILES string of the molecule is CCOCC.[Br-].[CH2-]CC.[Mg+2]. The maximum Gasteiger partial charge on any atom is 2.00 e. The molecule has 0 radical (unpaired) electrons. The summed E-state index contributed by atoms with van der Waals surface area (Å²) in [7, 11) is 0. The summed E-state index contributed by atoms with van der Waals surface area (Å²) >= 11 is 0. The summed E-state index contributed by atoms with van der Waals surface area (Å²) < 4.78 is 4.83. The maximum atomic E-state index is 4.83. The van der Waals surface area contributed by atoms with E-state index in [2.05, 4.69) is 6.92 Å². The molecule has 0 aliphatic carbocycles. The van der Waals surface area contributed by atoms with E-state index in [1.165, 1.54) is 0 Å². The fraction of sp³-hybridized carbons (Fsp3) is 0.857. The molecule has 60 valence electrons. The van der Waals surface area contributed by atoms with E-state index in [0.29, 0.717) is 0 Å². The zero-order chi connectivity index (χ0) is 6.83. The molecule has 0 bridgehead atoms. The van der Waals surface area contributed by atoms with Crippen molar-refractivity contribution in [3.8, 4) is 0 Å². The number of rotatable bonds is 2. The van der Waals surface area contributed by atoms with Gasteiger partial charge in [0.25, 0.3) is 0 Å². The number of hydrogen-bond donors (Lipinski definition) is 0. The Kier molecular flexibility index (Phi) is 71.7. The molecule has 0 amide bonds. The van der Waals surface area contributed by atoms with Gasteiger partial charge in [0.05, 0.1) is 0 Å². The van der Waals surface area contributed by atoms with Crippen molar-refractivity contribution in [1.82, 2.24) is 0 Å². The van der Waals surface area contributed by atoms with E-state index in [4.69, 9.17) is 4.74 Å². The van der Waals surface area contributed by atoms with Crippen LogP contribution in [0.1, 0.15) is 27.2 Å². The third kappa shape index (κ3) is 60.3. The predicted octanol–water partition coefficient (Wildman–Crippen LogP) is -1.10. The van der Waals surface area contributed by atoms with E-state index in [1.807, 2.05) is 20.8 Å². The van der Waals surface area contributed by atoms with Gasteiger partial charge >= 0.3 is 23.1 Å². The third-order valence-electron chi connectivity index (χ3n) is 0.408. The maximum absolute atomic E-state index is 4.83. The molecule has 0 aliphatic rings. The van der Waals surface area contributed by atoms with Crippen LogP contribution in [0.15, 0.2) is 0 Å². The smallest absolute Gasteiger partial charge is 1.00 e. The summed E-state index contributed by atoms with van der Waals surface area (Å²) in [4.78, 5) is 0. The molecule has 3 heteroatoms. The second-order valence-electron chi connectivity index (χ2n) is 1.28. The predicted molar refractivity (Wildman–Crippen MR) is 43.6 cm³/mol. The first kappa shape index (κ1) is 22.5. The van der Waals surface area contributed by atoms with Gasteiger partial charge in [-0.1, -0.05) is 6.92 Å². The molecule has 0 saturated heterocycles. The Bertz CT molecular complexity index is 27.6. The molecule has 10 heavy (non-hydrogen) atoms. The summed E-state index contributed by atoms with van der Waals surface area (Å²) in [6.07, 6.45) is 1.00. The van der Waals surface area contributed by atoms with Crippen LogP contribution in [0.3, 0.4) is 0 Å². The van der Waals surface area contributed by atoms with E-state index in [0.717, 1.165) is 19.6 Å². The van der Waals surface area contributed by atoms with Crippen molar-refractivity contribution in [2.75, 3.05) is 13.2 Å². The Morgan fingerprint density at radius 1 is 1.10 bits per heavy atom. The Morgan fingerprint density at radius 2 is 1.30 bits per heavy atom. The molecule has 0 N–H and O–H groups in total. The molecule has 0 aromatic heterocycles. The van der Waals surface area contributed by atoms with E-state index in [1.54, 1.807) is 0 Å². The fourth-order valence-corrected chi connectivity index (χ4v) is 0.204. The number of ether oxygens (including phenoxy) is 1. The summed E-state index contributed by atoms with van der Waals surface area (Å²) in [5.74, 6) is 0. The van der Waals surface area contributed by atoms with Crippen molar-refractivity contribution in [3.63, 3.8) is 0 Å². The van der Waals surface area contributed by atoms with Gasteiger partial charge in [-0.15, -0.1) is 0 Å². The van der Waals surface area contributed by atoms with Gasteiger partial charge in [0.15, 0.2) is 0 Å². The van der Waals surface area contributed by atoms with Crippen molar-refractivity contribution in [1.29, 1.82) is 0 Å². The largest absolute Gasteiger partial charge is 2.00 e. The molecule has 1 nitrogen and oxygen atoms in total. The van der Waals surface area contributed by atoms with Crippen LogP contribution < -0.4 is 17.0 Å². The van der Waals surface area contributed by atoms with Crippen LogP contribution in [0.5, 0.6) is 0 Å². The van der Waals surface area contributed by atoms with E-state index in [9.17, 15) is 0 Å². The first-order chi connectivity index (χ1) is 3.83. The minimum Gasteiger partial charge on any atom is -1.00 e. The molecule has 0 fully saturated rings. The zero-order valence-corrected chi connectivity index (χ0v) is 10.3. The van der Waals surface area contributed by atoms with Crippen LogP contribution in [0.25, 0.3) is 0 Å². The van der Waals surface area contributed by atoms with Gasteiger partial charge in [0.1, 0.15) is 0 Å². The quantitative estimate of drug-likeness (QED) is 0.425. The second kappa shape index (κ2) is 31.9. The van der Waals surface area contributed by atoms with Gasteiger partial charge in [0, 0.05) is 13.2 Å². The summed E-state index contributed by atoms with van der Waals surface area (Å²) in [5, 5.41) is 0. The zero-order valence-electron chi connectivity index (χ0n) is 7.32. The van der Waals surface area contributed by atoms with Crippen LogP contribution in [0.4, 0.5) is 0 Å². The van der Waals surface area contributed by atoms with Crippen molar-refractivity contribution in [2.45, 2.75) is 27.2 Å². The average Bonchev–Trinajstić information content (AvgIpc) is 1.71. The molecule has 0 aromatic carbocycles. The van der Waals surface area contributed by atoms with Crippen molar-refractivity contribution in [3.05, 3.63) is 6.92 Å². The molecule has 0 unspecified atom stereocenters. The standard InChI is InChI=1S/C4H10O.C3H7.BrH.Mg/c1-3-5-4-2;1-3-2;;/h3-4H2,1-2H3;1,3H2,2H3;1H;/q;-1;;+2/p-1. The van der Waals surface area contributed by atoms with Crippen LogP contribution >= 0.6 is 0 Å². The monoisotopic (exact) mass is 220 g/mol. The Morgan fingerprint density at radius 3 is 1.30 bits per heavy atom. The van der Waals surface area contributed by atoms with Gasteiger partial charge in [-0.3, -0.25) is 0 Å². The molecular formula is C7H17BrMgO. The van der Waals surface area contributed by atoms with Gasteiger partial charge < -0.3 is 28.6 Å². The van der Waals surface area contributed by atoms with Crippen molar-refractivity contribution in [2.24, 2.45) is 0 Å². The van der Waals surface area contributed by atoms with Gasteiger partial charge in [-0.2, -0.15) is 6.42 Å². The van der Waals surface area contributed by atoms with Crippen molar-refractivity contribution < 1.29 is 21.7 Å². The molecule has 0 spiro atoms. The number of hydrogen-bond acceptors (Lipinski definition) is 1. The normalized spacial score (nSPS) is 6.00. The van der Waals surface area contributed by atoms with Crippen LogP contribution in [-0.4, -0.2) is 36.3 Å². The molecule has 0 atom stereocenters. The number of halogens is 1. The van der Waals surface area contributed by atoms with E-state index < -0.39 is 0 Å². The summed E-state index contributed by atoms with van der Waals surface area (Å²) in [6.45, 7) is 11.2. The van der Waals surface area contributed by atoms with Gasteiger partial charge in [-0.05, 0) is 13.8 Å². The van der Waals surface area contributed by atoms with E-state index in [-0.39, 0.29) is 40.0 Å². The Labute approximate surface area is 91.8 Å². The van der Waals surface area contributed by atoms with Crippen LogP contribution in [0, 0.1) is 6.92 Å². The minimum atomic E-state index is 0. The minimum absolute atomic E-state index is 0. The molecule has 0 heterocycles. The molecule has 0 saturated carbocycles. The van der Waals surface area contributed by atoms with Crippen molar-refractivity contribution >= 4 is 23.1 Å². The Hall–Kier alpha value is 1.21. The average molecular weight is 221 g/mol. The first-order valence-electron chi connectivity index (χ1n) is 3.20. The van der Waals surface area contributed by atoms with Crippen LogP contribution in [0.2, 0.25) is 0 Å². The fourth-order valence-electron chi connectivity index (χ4n) is 0.204. The van der Waals surface area contributed by atoms with Crippen LogP contribution in [-0.2, 0) is 4.74 Å². The van der Waals surface area contributed by atoms with E-state index >= 15 is 0 Å². The summed E-state index contributed by atoms with van der Waals surface area (Å²) in [6, 6.07) is 0. The molecular weight excluding hydrogens is 204 g/mol. The molecule has 0 aromatic rings. The van der Waals surface area contributed by atoms with Gasteiger partial charge in [-0.25, -0.2) is 0 Å². The molecule has 0 aliphatic heterocycles. The summed E-state index contributed by atoms with van der Waals surface area (Å²) in [5.41, 5.74) is 0.